The van der Waals surface area contributed by atoms with E-state index in [0.29, 0.717) is 6.04 Å². The Kier molecular flexibility index (Phi) is 7.77. The maximum atomic E-state index is 5.67. The minimum Gasteiger partial charge on any atom is -0.328 e. The van der Waals surface area contributed by atoms with Crippen LogP contribution >= 0.6 is 0 Å². The van der Waals surface area contributed by atoms with Crippen LogP contribution in [0.2, 0.25) is 0 Å². The van der Waals surface area contributed by atoms with Gasteiger partial charge in [-0.05, 0) is 39.3 Å². The molecule has 2 nitrogen and oxygen atoms in total. The summed E-state index contributed by atoms with van der Waals surface area (Å²) in [6.45, 7) is 7.18. The first-order valence-electron chi connectivity index (χ1n) is 5.12. The molecule has 1 atom stereocenters. The second kappa shape index (κ2) is 8.10. The molecule has 0 amide bonds. The predicted octanol–water partition coefficient (Wildman–Crippen LogP) is 1.46. The SMILES string of the molecule is C#CCN(CCC)CCCC(C)N. The fraction of sp³-hybridized carbons (Fsp3) is 0.818. The Labute approximate surface area is 82.5 Å². The van der Waals surface area contributed by atoms with Crippen LogP contribution in [0.15, 0.2) is 0 Å². The summed E-state index contributed by atoms with van der Waals surface area (Å²) in [7, 11) is 0. The lowest BCUT2D eigenvalue weighted by atomic mass is 10.2. The van der Waals surface area contributed by atoms with Crippen molar-refractivity contribution < 1.29 is 0 Å². The molecule has 0 radical (unpaired) electrons. The van der Waals surface area contributed by atoms with Crippen molar-refractivity contribution >= 4 is 0 Å². The third-order valence-electron chi connectivity index (χ3n) is 1.99. The van der Waals surface area contributed by atoms with E-state index in [1.54, 1.807) is 0 Å². The summed E-state index contributed by atoms with van der Waals surface area (Å²) < 4.78 is 0. The van der Waals surface area contributed by atoms with Crippen LogP contribution in [0.3, 0.4) is 0 Å². The number of hydrogen-bond donors (Lipinski definition) is 1. The van der Waals surface area contributed by atoms with E-state index in [1.807, 2.05) is 6.92 Å². The van der Waals surface area contributed by atoms with Crippen LogP contribution < -0.4 is 5.73 Å². The Morgan fingerprint density at radius 2 is 2.15 bits per heavy atom. The van der Waals surface area contributed by atoms with Crippen molar-refractivity contribution in [1.82, 2.24) is 4.90 Å². The average molecular weight is 182 g/mol. The Morgan fingerprint density at radius 1 is 1.46 bits per heavy atom. The highest BCUT2D eigenvalue weighted by Gasteiger charge is 2.01. The quantitative estimate of drug-likeness (QED) is 0.604. The first-order valence-corrected chi connectivity index (χ1v) is 5.12. The average Bonchev–Trinajstić information content (AvgIpc) is 2.04. The highest BCUT2D eigenvalue weighted by atomic mass is 15.1. The van der Waals surface area contributed by atoms with Crippen LogP contribution in [0.4, 0.5) is 0 Å². The summed E-state index contributed by atoms with van der Waals surface area (Å²) in [5, 5.41) is 0. The van der Waals surface area contributed by atoms with Gasteiger partial charge in [0.05, 0.1) is 6.54 Å². The number of terminal acetylenes is 1. The van der Waals surface area contributed by atoms with Crippen molar-refractivity contribution in [1.29, 1.82) is 0 Å². The lowest BCUT2D eigenvalue weighted by Crippen LogP contribution is -2.27. The Balaban J connectivity index is 3.51. The molecule has 0 bridgehead atoms. The maximum Gasteiger partial charge on any atom is 0.0598 e. The highest BCUT2D eigenvalue weighted by Crippen LogP contribution is 1.98. The minimum atomic E-state index is 0.314. The largest absolute Gasteiger partial charge is 0.328 e. The third kappa shape index (κ3) is 7.83. The normalized spacial score (nSPS) is 12.8. The van der Waals surface area contributed by atoms with E-state index in [1.165, 1.54) is 6.42 Å². The molecule has 0 aromatic heterocycles. The molecule has 1 unspecified atom stereocenters. The van der Waals surface area contributed by atoms with Gasteiger partial charge < -0.3 is 5.73 Å². The molecule has 0 saturated carbocycles. The monoisotopic (exact) mass is 182 g/mol. The Hall–Kier alpha value is -0.520. The maximum absolute atomic E-state index is 5.67. The zero-order chi connectivity index (χ0) is 10.1. The van der Waals surface area contributed by atoms with Crippen LogP contribution in [-0.4, -0.2) is 30.6 Å². The van der Waals surface area contributed by atoms with Crippen molar-refractivity contribution in [3.63, 3.8) is 0 Å². The standard InChI is InChI=1S/C11H22N2/c1-4-8-13(9-5-2)10-6-7-11(3)12/h1,11H,5-10,12H2,2-3H3. The number of hydrogen-bond acceptors (Lipinski definition) is 2. The van der Waals surface area contributed by atoms with Crippen molar-refractivity contribution in [3.8, 4) is 12.3 Å². The zero-order valence-electron chi connectivity index (χ0n) is 8.92. The fourth-order valence-corrected chi connectivity index (χ4v) is 1.35. The summed E-state index contributed by atoms with van der Waals surface area (Å²) >= 11 is 0. The molecule has 13 heavy (non-hydrogen) atoms. The summed E-state index contributed by atoms with van der Waals surface area (Å²) in [4.78, 5) is 2.31. The number of nitrogens with two attached hydrogens (primary N) is 1. The van der Waals surface area contributed by atoms with Gasteiger partial charge >= 0.3 is 0 Å². The molecule has 0 rings (SSSR count). The van der Waals surface area contributed by atoms with E-state index in [9.17, 15) is 0 Å². The van der Waals surface area contributed by atoms with Crippen LogP contribution in [-0.2, 0) is 0 Å². The van der Waals surface area contributed by atoms with E-state index < -0.39 is 0 Å². The summed E-state index contributed by atoms with van der Waals surface area (Å²) in [6, 6.07) is 0.314. The van der Waals surface area contributed by atoms with Gasteiger partial charge in [0.25, 0.3) is 0 Å². The zero-order valence-corrected chi connectivity index (χ0v) is 8.92. The van der Waals surface area contributed by atoms with Gasteiger partial charge in [-0.25, -0.2) is 0 Å². The molecular weight excluding hydrogens is 160 g/mol. The van der Waals surface area contributed by atoms with Crippen LogP contribution in [0, 0.1) is 12.3 Å². The van der Waals surface area contributed by atoms with Gasteiger partial charge in [-0.15, -0.1) is 6.42 Å². The molecule has 2 N–H and O–H groups in total. The first-order chi connectivity index (χ1) is 6.20. The van der Waals surface area contributed by atoms with Crippen molar-refractivity contribution in [2.24, 2.45) is 5.73 Å². The molecule has 0 aromatic carbocycles. The molecule has 76 valence electrons. The molecule has 0 aliphatic heterocycles. The van der Waals surface area contributed by atoms with Crippen LogP contribution in [0.1, 0.15) is 33.1 Å². The first kappa shape index (κ1) is 12.5. The molecule has 0 aromatic rings. The van der Waals surface area contributed by atoms with Gasteiger partial charge in [0, 0.05) is 6.04 Å². The highest BCUT2D eigenvalue weighted by molar-refractivity contribution is 4.88. The molecule has 2 heteroatoms. The van der Waals surface area contributed by atoms with E-state index in [2.05, 4.69) is 17.7 Å². The lowest BCUT2D eigenvalue weighted by molar-refractivity contribution is 0.297. The van der Waals surface area contributed by atoms with E-state index in [4.69, 9.17) is 12.2 Å². The summed E-state index contributed by atoms with van der Waals surface area (Å²) in [5.41, 5.74) is 5.67. The fourth-order valence-electron chi connectivity index (χ4n) is 1.35. The molecule has 0 aliphatic rings. The Bertz CT molecular complexity index is 147. The predicted molar refractivity (Wildman–Crippen MR) is 58.4 cm³/mol. The minimum absolute atomic E-state index is 0.314. The topological polar surface area (TPSA) is 29.3 Å². The molecule has 0 spiro atoms. The smallest absolute Gasteiger partial charge is 0.0598 e. The third-order valence-corrected chi connectivity index (χ3v) is 1.99. The second-order valence-corrected chi connectivity index (χ2v) is 3.60. The van der Waals surface area contributed by atoms with Gasteiger partial charge in [-0.1, -0.05) is 12.8 Å². The van der Waals surface area contributed by atoms with Gasteiger partial charge in [-0.2, -0.15) is 0 Å². The van der Waals surface area contributed by atoms with Crippen LogP contribution in [0.5, 0.6) is 0 Å². The van der Waals surface area contributed by atoms with Gasteiger partial charge in [0.1, 0.15) is 0 Å². The summed E-state index contributed by atoms with van der Waals surface area (Å²) in [5.74, 6) is 2.69. The van der Waals surface area contributed by atoms with E-state index in [-0.39, 0.29) is 0 Å². The van der Waals surface area contributed by atoms with Gasteiger partial charge in [0.15, 0.2) is 0 Å². The summed E-state index contributed by atoms with van der Waals surface area (Å²) in [6.07, 6.45) is 8.68. The lowest BCUT2D eigenvalue weighted by Gasteiger charge is -2.18. The molecule has 0 fully saturated rings. The van der Waals surface area contributed by atoms with Crippen molar-refractivity contribution in [2.75, 3.05) is 19.6 Å². The molecular formula is C11H22N2. The van der Waals surface area contributed by atoms with Gasteiger partial charge in [0.2, 0.25) is 0 Å². The second-order valence-electron chi connectivity index (χ2n) is 3.60. The number of rotatable bonds is 7. The molecule has 0 heterocycles. The molecule has 0 saturated heterocycles. The van der Waals surface area contributed by atoms with Crippen molar-refractivity contribution in [3.05, 3.63) is 0 Å². The van der Waals surface area contributed by atoms with Gasteiger partial charge in [-0.3, -0.25) is 4.90 Å². The van der Waals surface area contributed by atoms with Crippen LogP contribution in [0.25, 0.3) is 0 Å². The van der Waals surface area contributed by atoms with Crippen molar-refractivity contribution in [2.45, 2.75) is 39.2 Å². The van der Waals surface area contributed by atoms with E-state index >= 15 is 0 Å². The van der Waals surface area contributed by atoms with E-state index in [0.717, 1.165) is 32.5 Å². The Morgan fingerprint density at radius 3 is 2.62 bits per heavy atom. The number of nitrogens with zero attached hydrogens (tertiary/aromatic N) is 1. The molecule has 0 aliphatic carbocycles.